The number of amides is 1. The number of benzene rings is 2. The molecule has 0 saturated carbocycles. The van der Waals surface area contributed by atoms with Crippen molar-refractivity contribution in [1.29, 1.82) is 0 Å². The Hall–Kier alpha value is -2.54. The van der Waals surface area contributed by atoms with E-state index >= 15 is 0 Å². The summed E-state index contributed by atoms with van der Waals surface area (Å²) in [5.41, 5.74) is 2.14. The van der Waals surface area contributed by atoms with Crippen molar-refractivity contribution in [2.24, 2.45) is 5.92 Å². The van der Waals surface area contributed by atoms with Crippen LogP contribution in [0.5, 0.6) is 0 Å². The lowest BCUT2D eigenvalue weighted by Gasteiger charge is -2.22. The molecule has 7 heteroatoms. The smallest absolute Gasteiger partial charge is 0.378 e. The molecule has 3 rings (SSSR count). The molecule has 1 heterocycles. The fourth-order valence-corrected chi connectivity index (χ4v) is 3.69. The highest BCUT2D eigenvalue weighted by Gasteiger charge is 2.35. The van der Waals surface area contributed by atoms with E-state index in [9.17, 15) is 18.0 Å². The first-order valence-electron chi connectivity index (χ1n) is 9.62. The third kappa shape index (κ3) is 4.90. The maximum atomic E-state index is 12.9. The predicted molar refractivity (Wildman–Crippen MR) is 108 cm³/mol. The highest BCUT2D eigenvalue weighted by molar-refractivity contribution is 5.81. The molecule has 1 saturated heterocycles. The predicted octanol–water partition coefficient (Wildman–Crippen LogP) is 3.95. The fourth-order valence-electron chi connectivity index (χ4n) is 3.69. The monoisotopic (exact) mass is 405 g/mol. The largest absolute Gasteiger partial charge is 0.416 e. The van der Waals surface area contributed by atoms with Crippen LogP contribution in [0.1, 0.15) is 35.6 Å². The van der Waals surface area contributed by atoms with Gasteiger partial charge in [-0.2, -0.15) is 13.2 Å². The molecule has 1 fully saturated rings. The zero-order chi connectivity index (χ0) is 21.2. The summed E-state index contributed by atoms with van der Waals surface area (Å²) >= 11 is 0. The van der Waals surface area contributed by atoms with Crippen LogP contribution in [-0.4, -0.2) is 33.1 Å². The van der Waals surface area contributed by atoms with E-state index in [1.165, 1.54) is 12.1 Å². The van der Waals surface area contributed by atoms with Crippen molar-refractivity contribution in [3.8, 4) is 0 Å². The average Bonchev–Trinajstić information content (AvgIpc) is 3.17. The lowest BCUT2D eigenvalue weighted by Crippen LogP contribution is -2.36. The van der Waals surface area contributed by atoms with Gasteiger partial charge >= 0.3 is 6.18 Å². The minimum atomic E-state index is -4.36. The topological polar surface area (TPSA) is 44.4 Å². The van der Waals surface area contributed by atoms with E-state index in [4.69, 9.17) is 0 Å². The molecule has 0 aromatic heterocycles. The first kappa shape index (κ1) is 21.2. The standard InChI is InChI=1S/C22H26F3N3O/c1-14(15-6-10-18(11-7-15)28(2)3)27-21(29)20-13-26-12-19(20)16-4-8-17(9-5-16)22(23,24)25/h4-11,14,19-20,26H,12-13H2,1-3H3,(H,27,29)/t14-,19+,20-/m0/s1. The molecule has 2 aromatic carbocycles. The molecule has 1 aliphatic rings. The van der Waals surface area contributed by atoms with Gasteiger partial charge in [-0.05, 0) is 42.3 Å². The third-order valence-corrected chi connectivity index (χ3v) is 5.49. The van der Waals surface area contributed by atoms with Crippen LogP contribution in [0.15, 0.2) is 48.5 Å². The van der Waals surface area contributed by atoms with Crippen LogP contribution in [0.4, 0.5) is 18.9 Å². The second-order valence-corrected chi connectivity index (χ2v) is 7.71. The molecule has 1 amide bonds. The second-order valence-electron chi connectivity index (χ2n) is 7.71. The SMILES string of the molecule is C[C@H](NC(=O)[C@H]1CNC[C@@H]1c1ccc(C(F)(F)F)cc1)c1ccc(N(C)C)cc1. The Balaban J connectivity index is 1.68. The lowest BCUT2D eigenvalue weighted by molar-refractivity contribution is -0.137. The number of alkyl halides is 3. The van der Waals surface area contributed by atoms with Gasteiger partial charge in [0.2, 0.25) is 5.91 Å². The highest BCUT2D eigenvalue weighted by atomic mass is 19.4. The second kappa shape index (κ2) is 8.45. The van der Waals surface area contributed by atoms with Gasteiger partial charge in [0.15, 0.2) is 0 Å². The van der Waals surface area contributed by atoms with E-state index < -0.39 is 11.7 Å². The maximum absolute atomic E-state index is 12.9. The number of carbonyl (C=O) groups excluding carboxylic acids is 1. The number of anilines is 1. The molecule has 0 radical (unpaired) electrons. The van der Waals surface area contributed by atoms with E-state index in [0.717, 1.165) is 28.9 Å². The number of halogens is 3. The van der Waals surface area contributed by atoms with Crippen molar-refractivity contribution in [3.05, 3.63) is 65.2 Å². The van der Waals surface area contributed by atoms with E-state index in [1.54, 1.807) is 0 Å². The van der Waals surface area contributed by atoms with Crippen molar-refractivity contribution in [3.63, 3.8) is 0 Å². The molecule has 0 spiro atoms. The molecule has 0 aliphatic carbocycles. The van der Waals surface area contributed by atoms with Gasteiger partial charge in [0, 0.05) is 38.8 Å². The Bertz CT molecular complexity index is 832. The van der Waals surface area contributed by atoms with Crippen LogP contribution in [0.25, 0.3) is 0 Å². The Morgan fingerprint density at radius 3 is 2.24 bits per heavy atom. The normalized spacial score (nSPS) is 20.3. The molecule has 3 atom stereocenters. The molecule has 0 bridgehead atoms. The number of nitrogens with one attached hydrogen (secondary N) is 2. The van der Waals surface area contributed by atoms with Gasteiger partial charge in [-0.15, -0.1) is 0 Å². The Kier molecular flexibility index (Phi) is 6.17. The minimum Gasteiger partial charge on any atom is -0.378 e. The molecule has 29 heavy (non-hydrogen) atoms. The Morgan fingerprint density at radius 1 is 1.07 bits per heavy atom. The van der Waals surface area contributed by atoms with Crippen molar-refractivity contribution < 1.29 is 18.0 Å². The summed E-state index contributed by atoms with van der Waals surface area (Å²) in [5.74, 6) is -0.570. The van der Waals surface area contributed by atoms with Crippen molar-refractivity contribution >= 4 is 11.6 Å². The van der Waals surface area contributed by atoms with Gasteiger partial charge in [-0.1, -0.05) is 24.3 Å². The molecule has 2 aromatic rings. The van der Waals surface area contributed by atoms with Crippen LogP contribution in [-0.2, 0) is 11.0 Å². The van der Waals surface area contributed by atoms with Crippen molar-refractivity contribution in [2.45, 2.75) is 25.1 Å². The lowest BCUT2D eigenvalue weighted by atomic mass is 9.87. The van der Waals surface area contributed by atoms with Crippen LogP contribution in [0, 0.1) is 5.92 Å². The van der Waals surface area contributed by atoms with Gasteiger partial charge in [0.1, 0.15) is 0 Å². The zero-order valence-corrected chi connectivity index (χ0v) is 16.8. The molecular formula is C22H26F3N3O. The number of carbonyl (C=O) groups is 1. The Morgan fingerprint density at radius 2 is 1.69 bits per heavy atom. The first-order valence-corrected chi connectivity index (χ1v) is 9.62. The van der Waals surface area contributed by atoms with Crippen LogP contribution < -0.4 is 15.5 Å². The van der Waals surface area contributed by atoms with E-state index in [0.29, 0.717) is 13.1 Å². The van der Waals surface area contributed by atoms with Gasteiger partial charge in [0.05, 0.1) is 17.5 Å². The summed E-state index contributed by atoms with van der Waals surface area (Å²) < 4.78 is 38.4. The number of hydrogen-bond acceptors (Lipinski definition) is 3. The number of nitrogens with zero attached hydrogens (tertiary/aromatic N) is 1. The molecular weight excluding hydrogens is 379 g/mol. The van der Waals surface area contributed by atoms with Gasteiger partial charge in [-0.25, -0.2) is 0 Å². The van der Waals surface area contributed by atoms with E-state index in [-0.39, 0.29) is 23.8 Å². The molecule has 156 valence electrons. The summed E-state index contributed by atoms with van der Waals surface area (Å²) in [6, 6.07) is 12.9. The van der Waals surface area contributed by atoms with Crippen LogP contribution in [0.2, 0.25) is 0 Å². The van der Waals surface area contributed by atoms with Crippen LogP contribution >= 0.6 is 0 Å². The highest BCUT2D eigenvalue weighted by Crippen LogP contribution is 2.33. The molecule has 4 nitrogen and oxygen atoms in total. The Labute approximate surface area is 169 Å². The zero-order valence-electron chi connectivity index (χ0n) is 16.8. The van der Waals surface area contributed by atoms with Gasteiger partial charge < -0.3 is 15.5 Å². The third-order valence-electron chi connectivity index (χ3n) is 5.49. The first-order chi connectivity index (χ1) is 13.7. The quantitative estimate of drug-likeness (QED) is 0.792. The van der Waals surface area contributed by atoms with E-state index in [1.807, 2.05) is 50.2 Å². The summed E-state index contributed by atoms with van der Waals surface area (Å²) in [5, 5.41) is 6.24. The number of hydrogen-bond donors (Lipinski definition) is 2. The minimum absolute atomic E-state index is 0.0934. The summed E-state index contributed by atoms with van der Waals surface area (Å²) in [7, 11) is 3.93. The summed E-state index contributed by atoms with van der Waals surface area (Å²) in [6.45, 7) is 3.00. The van der Waals surface area contributed by atoms with Crippen molar-refractivity contribution in [2.75, 3.05) is 32.1 Å². The fraction of sp³-hybridized carbons (Fsp3) is 0.409. The average molecular weight is 405 g/mol. The van der Waals surface area contributed by atoms with Crippen LogP contribution in [0.3, 0.4) is 0 Å². The number of rotatable bonds is 5. The van der Waals surface area contributed by atoms with Crippen molar-refractivity contribution in [1.82, 2.24) is 10.6 Å². The maximum Gasteiger partial charge on any atom is 0.416 e. The van der Waals surface area contributed by atoms with E-state index in [2.05, 4.69) is 10.6 Å². The van der Waals surface area contributed by atoms with Gasteiger partial charge in [-0.3, -0.25) is 4.79 Å². The molecule has 2 N–H and O–H groups in total. The summed E-state index contributed by atoms with van der Waals surface area (Å²) in [4.78, 5) is 14.9. The molecule has 1 aliphatic heterocycles. The molecule has 0 unspecified atom stereocenters. The van der Waals surface area contributed by atoms with Gasteiger partial charge in [0.25, 0.3) is 0 Å². The summed E-state index contributed by atoms with van der Waals surface area (Å²) in [6.07, 6.45) is -4.36.